The minimum Gasteiger partial charge on any atom is -0.481 e. The zero-order valence-corrected chi connectivity index (χ0v) is 56.1. The van der Waals surface area contributed by atoms with Gasteiger partial charge in [0.1, 0.15) is 71.0 Å². The molecule has 1 aliphatic carbocycles. The molecule has 2 aliphatic rings. The van der Waals surface area contributed by atoms with Gasteiger partial charge in [0.2, 0.25) is 11.8 Å². The van der Waals surface area contributed by atoms with Crippen LogP contribution in [0.3, 0.4) is 0 Å². The fraction of sp³-hybridized carbons (Fsp3) is 0.333. The number of carboxylic acid groups (broad SMARTS) is 2. The summed E-state index contributed by atoms with van der Waals surface area (Å²) in [6.07, 6.45) is 0.699. The van der Waals surface area contributed by atoms with Gasteiger partial charge in [0.25, 0.3) is 11.8 Å². The van der Waals surface area contributed by atoms with Crippen molar-refractivity contribution in [1.29, 1.82) is 0 Å². The first-order valence-electron chi connectivity index (χ1n) is 29.6. The maximum absolute atomic E-state index is 14.5. The summed E-state index contributed by atoms with van der Waals surface area (Å²) >= 11 is 7.30. The number of hydrogen-bond donors (Lipinski definition) is 6. The van der Waals surface area contributed by atoms with E-state index in [0.717, 1.165) is 33.1 Å². The van der Waals surface area contributed by atoms with E-state index in [1.165, 1.54) is 77.8 Å². The molecular weight excluding hydrogens is 1320 g/mol. The predicted molar refractivity (Wildman–Crippen MR) is 355 cm³/mol. The van der Waals surface area contributed by atoms with Gasteiger partial charge in [0.05, 0.1) is 58.8 Å². The van der Waals surface area contributed by atoms with E-state index in [-0.39, 0.29) is 71.3 Å². The van der Waals surface area contributed by atoms with Gasteiger partial charge in [0, 0.05) is 70.6 Å². The van der Waals surface area contributed by atoms with Gasteiger partial charge in [-0.1, -0.05) is 51.1 Å². The molecule has 0 radical (unpaired) electrons. The van der Waals surface area contributed by atoms with Crippen molar-refractivity contribution in [1.82, 2.24) is 61.1 Å². The molecule has 31 heteroatoms. The van der Waals surface area contributed by atoms with Crippen molar-refractivity contribution in [2.45, 2.75) is 103 Å². The Labute approximate surface area is 561 Å². The largest absolute Gasteiger partial charge is 0.481 e. The number of carbonyl (C=O) groups excluding carboxylic acids is 6. The number of rotatable bonds is 13. The number of carboxylic acids is 2. The number of aromatic nitrogens is 8. The van der Waals surface area contributed by atoms with Crippen molar-refractivity contribution >= 4 is 127 Å². The number of ketones is 1. The molecule has 0 saturated heterocycles. The number of benzene rings is 1. The molecule has 9 aromatic rings. The minimum absolute atomic E-state index is 0.00331. The number of aromatic carboxylic acids is 1. The van der Waals surface area contributed by atoms with Crippen LogP contribution in [0.4, 0.5) is 16.3 Å². The van der Waals surface area contributed by atoms with Crippen molar-refractivity contribution in [3.8, 4) is 43.4 Å². The highest BCUT2D eigenvalue weighted by molar-refractivity contribution is 7.15. The van der Waals surface area contributed by atoms with Crippen LogP contribution in [0.15, 0.2) is 82.3 Å². The molecule has 1 aromatic carbocycles. The van der Waals surface area contributed by atoms with E-state index in [0.29, 0.717) is 93.8 Å². The quantitative estimate of drug-likeness (QED) is 0.0624. The van der Waals surface area contributed by atoms with Gasteiger partial charge in [-0.05, 0) is 68.4 Å². The third kappa shape index (κ3) is 14.8. The number of carbonyl (C=O) groups is 8. The number of nitrogens with one attached hydrogen (secondary N) is 4. The van der Waals surface area contributed by atoms with E-state index in [4.69, 9.17) is 44.4 Å². The number of thiazole rings is 6. The summed E-state index contributed by atoms with van der Waals surface area (Å²) in [6.45, 7) is 7.24. The maximum Gasteiger partial charge on any atom is 0.420 e. The number of fused-ring (bicyclic) bond motifs is 14. The summed E-state index contributed by atoms with van der Waals surface area (Å²) in [7, 11) is 2.97. The van der Waals surface area contributed by atoms with E-state index >= 15 is 0 Å². The van der Waals surface area contributed by atoms with Crippen LogP contribution in [-0.4, -0.2) is 124 Å². The topological polar surface area (TPSA) is 350 Å². The smallest absolute Gasteiger partial charge is 0.420 e. The summed E-state index contributed by atoms with van der Waals surface area (Å²) < 4.78 is 11.5. The Balaban J connectivity index is 0.990. The lowest BCUT2D eigenvalue weighted by atomic mass is 9.87. The fourth-order valence-corrected chi connectivity index (χ4v) is 16.5. The number of anilines is 2. The standard InChI is InChI=1S/C63H61N13O12S6/c1-29(2)37-21-44(77)50-31(4)93-59(74-50)39(22-47(78)64-5)68-53(80)42-26-89-55(70-42)36-16-17-38(57-72-46(28-92-57)76(34-18-19-65-40(20-34)62(84)85)63(86)88-35-14-12-33(13-15-35)61(82)83)67-51(36)41-25-90-58(69-41)43-27-91-60(71-43)49(30(3)32-10-8-7-9-11-32)73-48(79)23-66-54(81)52-45(24-87-6)94-56(37)75-52/h7-11,16-20,25-30,33,35,37,39,49H,12-15,21-24H2,1-6H3,(H,64,78)(H,66,81)(H,68,80)(H,73,79)(H,82,83)(H,84,85)/t30-,33?,35?,37?,39-,49-/m0/s1. The minimum atomic E-state index is -1.33. The summed E-state index contributed by atoms with van der Waals surface area (Å²) in [5.41, 5.74) is 2.86. The van der Waals surface area contributed by atoms with Gasteiger partial charge >= 0.3 is 18.0 Å². The highest BCUT2D eigenvalue weighted by atomic mass is 32.1. The van der Waals surface area contributed by atoms with Crippen molar-refractivity contribution in [2.75, 3.05) is 25.6 Å². The van der Waals surface area contributed by atoms with Crippen LogP contribution in [0.1, 0.15) is 156 Å². The molecule has 486 valence electrons. The lowest BCUT2D eigenvalue weighted by Crippen LogP contribution is -2.40. The van der Waals surface area contributed by atoms with Crippen molar-refractivity contribution < 1.29 is 58.0 Å². The molecule has 8 aromatic heterocycles. The van der Waals surface area contributed by atoms with E-state index in [2.05, 4.69) is 26.3 Å². The molecule has 1 unspecified atom stereocenters. The van der Waals surface area contributed by atoms with E-state index in [9.17, 15) is 48.6 Å². The molecule has 1 saturated carbocycles. The Bertz CT molecular complexity index is 4340. The molecule has 10 bridgehead atoms. The number of pyridine rings is 2. The van der Waals surface area contributed by atoms with Crippen LogP contribution in [0.5, 0.6) is 0 Å². The molecular formula is C63H61N13O12S6. The number of hydrogen-bond acceptors (Lipinski definition) is 24. The highest BCUT2D eigenvalue weighted by Crippen LogP contribution is 2.42. The van der Waals surface area contributed by atoms with Crippen LogP contribution in [0.2, 0.25) is 0 Å². The number of Topliss-reactive ketones (excluding diaryl/α,β-unsaturated/α-hetero) is 1. The lowest BCUT2D eigenvalue weighted by molar-refractivity contribution is -0.143. The van der Waals surface area contributed by atoms with Gasteiger partial charge < -0.3 is 41.0 Å². The number of aryl methyl sites for hydroxylation is 1. The Morgan fingerprint density at radius 1 is 0.723 bits per heavy atom. The van der Waals surface area contributed by atoms with Gasteiger partial charge in [-0.15, -0.1) is 68.0 Å². The second-order valence-corrected chi connectivity index (χ2v) is 28.3. The van der Waals surface area contributed by atoms with Crippen LogP contribution < -0.4 is 26.2 Å². The third-order valence-electron chi connectivity index (χ3n) is 15.9. The van der Waals surface area contributed by atoms with Gasteiger partial charge in [-0.2, -0.15) is 0 Å². The molecule has 1 fully saturated rings. The SMILES string of the molecule is CNC(=O)C[C@@H]1NC(=O)c2csc(n2)-c2ccc(-c3nc(N(C(=O)OC4CCC(C(=O)O)CC4)c4ccnc(C(=O)O)c4)cs3)nc2-c2csc(n2)-c2csc(n2)[C@H]([C@@H](C)c2ccccc2)NC(=O)CNC(=O)c2nc(sc2COC)C(C(C)C)CC(=O)c2nc1sc2C. The zero-order valence-electron chi connectivity index (χ0n) is 51.2. The highest BCUT2D eigenvalue weighted by Gasteiger charge is 2.35. The van der Waals surface area contributed by atoms with Crippen LogP contribution in [0.25, 0.3) is 43.4 Å². The molecule has 25 nitrogen and oxygen atoms in total. The average Bonchev–Trinajstić information content (AvgIpc) is 1.62. The number of nitrogens with zero attached hydrogens (tertiary/aromatic N) is 9. The summed E-state index contributed by atoms with van der Waals surface area (Å²) in [4.78, 5) is 149. The van der Waals surface area contributed by atoms with Crippen molar-refractivity contribution in [3.05, 3.63) is 135 Å². The molecule has 1 aliphatic heterocycles. The Kier molecular flexibility index (Phi) is 20.6. The van der Waals surface area contributed by atoms with Crippen molar-refractivity contribution in [3.63, 3.8) is 0 Å². The Morgan fingerprint density at radius 2 is 1.44 bits per heavy atom. The molecule has 5 amide bonds. The fourth-order valence-electron chi connectivity index (χ4n) is 10.8. The summed E-state index contributed by atoms with van der Waals surface area (Å²) in [5.74, 6) is -6.14. The molecule has 11 rings (SSSR count). The van der Waals surface area contributed by atoms with Crippen LogP contribution >= 0.6 is 68.0 Å². The first-order chi connectivity index (χ1) is 45.2. The first kappa shape index (κ1) is 66.5. The van der Waals surface area contributed by atoms with Gasteiger partial charge in [0.15, 0.2) is 11.6 Å². The lowest BCUT2D eigenvalue weighted by Gasteiger charge is -2.28. The third-order valence-corrected chi connectivity index (χ3v) is 21.6. The zero-order chi connectivity index (χ0) is 66.5. The normalized spacial score (nSPS) is 18.3. The van der Waals surface area contributed by atoms with E-state index in [1.807, 2.05) is 56.5 Å². The van der Waals surface area contributed by atoms with Gasteiger partial charge in [-0.25, -0.2) is 54.4 Å². The number of amides is 5. The van der Waals surface area contributed by atoms with Crippen LogP contribution in [-0.2, 0) is 30.5 Å². The Morgan fingerprint density at radius 3 is 2.17 bits per heavy atom. The van der Waals surface area contributed by atoms with Crippen LogP contribution in [0, 0.1) is 18.8 Å². The number of aliphatic carboxylic acids is 1. The van der Waals surface area contributed by atoms with E-state index < -0.39 is 78.2 Å². The predicted octanol–water partition coefficient (Wildman–Crippen LogP) is 11.3. The first-order valence-corrected chi connectivity index (χ1v) is 34.8. The second kappa shape index (κ2) is 29.1. The number of methoxy groups -OCH3 is 1. The molecule has 6 N–H and O–H groups in total. The Hall–Kier alpha value is -8.98. The second-order valence-electron chi connectivity index (χ2n) is 22.5. The van der Waals surface area contributed by atoms with E-state index in [1.54, 1.807) is 35.2 Å². The average molecular weight is 1380 g/mol. The molecule has 9 heterocycles. The van der Waals surface area contributed by atoms with Crippen molar-refractivity contribution in [2.24, 2.45) is 11.8 Å². The molecule has 4 atom stereocenters. The molecule has 0 spiro atoms. The monoisotopic (exact) mass is 1380 g/mol. The maximum atomic E-state index is 14.5. The summed E-state index contributed by atoms with van der Waals surface area (Å²) in [6, 6.07) is 14.0. The van der Waals surface area contributed by atoms with Gasteiger partial charge in [-0.3, -0.25) is 28.8 Å². The summed E-state index contributed by atoms with van der Waals surface area (Å²) in [5, 5.41) is 40.3. The number of ether oxygens (including phenoxy) is 2. The molecule has 94 heavy (non-hydrogen) atoms.